The van der Waals surface area contributed by atoms with Crippen molar-refractivity contribution in [1.29, 1.82) is 0 Å². The fourth-order valence-electron chi connectivity index (χ4n) is 2.52. The second-order valence-corrected chi connectivity index (χ2v) is 5.90. The second-order valence-electron chi connectivity index (χ2n) is 5.04. The molecule has 0 amide bonds. The Morgan fingerprint density at radius 3 is 2.70 bits per heavy atom. The van der Waals surface area contributed by atoms with Gasteiger partial charge in [-0.05, 0) is 37.5 Å². The van der Waals surface area contributed by atoms with Gasteiger partial charge in [-0.1, -0.05) is 22.0 Å². The molecule has 0 unspecified atom stereocenters. The predicted octanol–water partition coefficient (Wildman–Crippen LogP) is 3.15. The van der Waals surface area contributed by atoms with Crippen LogP contribution in [0.5, 0.6) is 0 Å². The van der Waals surface area contributed by atoms with Crippen LogP contribution in [0.15, 0.2) is 22.7 Å². The van der Waals surface area contributed by atoms with E-state index in [0.717, 1.165) is 49.1 Å². The Bertz CT molecular complexity index is 470. The van der Waals surface area contributed by atoms with Gasteiger partial charge in [-0.3, -0.25) is 4.90 Å². The van der Waals surface area contributed by atoms with Gasteiger partial charge in [0, 0.05) is 30.7 Å². The van der Waals surface area contributed by atoms with E-state index in [1.54, 1.807) is 12.1 Å². The molecule has 2 rings (SSSR count). The van der Waals surface area contributed by atoms with Crippen LogP contribution in [0.4, 0.5) is 0 Å². The first-order valence-corrected chi connectivity index (χ1v) is 7.75. The largest absolute Gasteiger partial charge is 0.478 e. The van der Waals surface area contributed by atoms with Gasteiger partial charge < -0.3 is 9.84 Å². The van der Waals surface area contributed by atoms with Crippen LogP contribution >= 0.6 is 15.9 Å². The standard InChI is InChI=1S/C15H20BrNO3/c1-2-20-13-5-7-17(8-6-13)10-12-4-3-11(15(18)19)9-14(12)16/h3-4,9,13H,2,5-8,10H2,1H3,(H,18,19). The number of piperidine rings is 1. The van der Waals surface area contributed by atoms with E-state index in [2.05, 4.69) is 20.8 Å². The van der Waals surface area contributed by atoms with E-state index in [4.69, 9.17) is 9.84 Å². The Balaban J connectivity index is 1.93. The molecular weight excluding hydrogens is 322 g/mol. The zero-order valence-corrected chi connectivity index (χ0v) is 13.2. The summed E-state index contributed by atoms with van der Waals surface area (Å²) in [5.74, 6) is -0.894. The van der Waals surface area contributed by atoms with Gasteiger partial charge in [0.2, 0.25) is 0 Å². The number of halogens is 1. The van der Waals surface area contributed by atoms with Crippen LogP contribution in [-0.2, 0) is 11.3 Å². The highest BCUT2D eigenvalue weighted by Crippen LogP contribution is 2.22. The SMILES string of the molecule is CCOC1CCN(Cc2ccc(C(=O)O)cc2Br)CC1. The molecule has 1 N–H and O–H groups in total. The van der Waals surface area contributed by atoms with Crippen molar-refractivity contribution in [1.82, 2.24) is 4.90 Å². The van der Waals surface area contributed by atoms with Gasteiger partial charge >= 0.3 is 5.97 Å². The van der Waals surface area contributed by atoms with E-state index in [-0.39, 0.29) is 0 Å². The van der Waals surface area contributed by atoms with Crippen LogP contribution in [0.3, 0.4) is 0 Å². The summed E-state index contributed by atoms with van der Waals surface area (Å²) in [6, 6.07) is 5.22. The number of carbonyl (C=O) groups is 1. The average Bonchev–Trinajstić information content (AvgIpc) is 2.43. The third-order valence-corrected chi connectivity index (χ3v) is 4.37. The fourth-order valence-corrected chi connectivity index (χ4v) is 3.02. The minimum absolute atomic E-state index is 0.315. The predicted molar refractivity (Wildman–Crippen MR) is 81.0 cm³/mol. The van der Waals surface area contributed by atoms with Crippen LogP contribution < -0.4 is 0 Å². The molecule has 0 atom stereocenters. The minimum Gasteiger partial charge on any atom is -0.478 e. The molecule has 1 aliphatic heterocycles. The molecule has 0 saturated carbocycles. The molecule has 20 heavy (non-hydrogen) atoms. The Kier molecular flexibility index (Phi) is 5.57. The van der Waals surface area contributed by atoms with E-state index in [1.807, 2.05) is 13.0 Å². The van der Waals surface area contributed by atoms with Crippen molar-refractivity contribution in [2.75, 3.05) is 19.7 Å². The van der Waals surface area contributed by atoms with E-state index in [0.29, 0.717) is 11.7 Å². The third kappa shape index (κ3) is 4.04. The maximum atomic E-state index is 10.9. The molecule has 0 spiro atoms. The molecule has 1 aliphatic rings. The molecular formula is C15H20BrNO3. The van der Waals surface area contributed by atoms with Gasteiger partial charge in [0.05, 0.1) is 11.7 Å². The van der Waals surface area contributed by atoms with Crippen LogP contribution in [0.25, 0.3) is 0 Å². The molecule has 1 aromatic rings. The lowest BCUT2D eigenvalue weighted by molar-refractivity contribution is 0.0125. The Hall–Kier alpha value is -0.910. The lowest BCUT2D eigenvalue weighted by Gasteiger charge is -2.31. The van der Waals surface area contributed by atoms with Crippen molar-refractivity contribution in [3.63, 3.8) is 0 Å². The van der Waals surface area contributed by atoms with Gasteiger partial charge in [0.1, 0.15) is 0 Å². The lowest BCUT2D eigenvalue weighted by Crippen LogP contribution is -2.36. The number of hydrogen-bond acceptors (Lipinski definition) is 3. The first-order valence-electron chi connectivity index (χ1n) is 6.95. The number of rotatable bonds is 5. The van der Waals surface area contributed by atoms with Crippen molar-refractivity contribution in [3.05, 3.63) is 33.8 Å². The van der Waals surface area contributed by atoms with Gasteiger partial charge in [-0.2, -0.15) is 0 Å². The van der Waals surface area contributed by atoms with Gasteiger partial charge in [-0.15, -0.1) is 0 Å². The van der Waals surface area contributed by atoms with Crippen LogP contribution in [-0.4, -0.2) is 41.8 Å². The summed E-state index contributed by atoms with van der Waals surface area (Å²) in [4.78, 5) is 13.3. The molecule has 0 aromatic heterocycles. The summed E-state index contributed by atoms with van der Waals surface area (Å²) in [5.41, 5.74) is 1.44. The highest BCUT2D eigenvalue weighted by Gasteiger charge is 2.20. The Morgan fingerprint density at radius 2 is 2.15 bits per heavy atom. The molecule has 1 fully saturated rings. The molecule has 0 aliphatic carbocycles. The maximum absolute atomic E-state index is 10.9. The van der Waals surface area contributed by atoms with Crippen molar-refractivity contribution in [2.24, 2.45) is 0 Å². The highest BCUT2D eigenvalue weighted by atomic mass is 79.9. The van der Waals surface area contributed by atoms with Gasteiger partial charge in [0.25, 0.3) is 0 Å². The van der Waals surface area contributed by atoms with Crippen LogP contribution in [0.1, 0.15) is 35.7 Å². The van der Waals surface area contributed by atoms with Gasteiger partial charge in [-0.25, -0.2) is 4.79 Å². The summed E-state index contributed by atoms with van der Waals surface area (Å²) in [5, 5.41) is 8.96. The molecule has 110 valence electrons. The first kappa shape index (κ1) is 15.5. The number of hydrogen-bond donors (Lipinski definition) is 1. The number of ether oxygens (including phenoxy) is 1. The van der Waals surface area contributed by atoms with E-state index >= 15 is 0 Å². The van der Waals surface area contributed by atoms with E-state index in [1.165, 1.54) is 0 Å². The molecule has 0 bridgehead atoms. The van der Waals surface area contributed by atoms with Crippen LogP contribution in [0, 0.1) is 0 Å². The van der Waals surface area contributed by atoms with E-state index < -0.39 is 5.97 Å². The zero-order valence-electron chi connectivity index (χ0n) is 11.6. The number of nitrogens with zero attached hydrogens (tertiary/aromatic N) is 1. The van der Waals surface area contributed by atoms with Crippen LogP contribution in [0.2, 0.25) is 0 Å². The lowest BCUT2D eigenvalue weighted by atomic mass is 10.1. The molecule has 1 aromatic carbocycles. The van der Waals surface area contributed by atoms with Crippen molar-refractivity contribution in [2.45, 2.75) is 32.4 Å². The Labute approximate surface area is 127 Å². The smallest absolute Gasteiger partial charge is 0.335 e. The molecule has 0 radical (unpaired) electrons. The summed E-state index contributed by atoms with van der Waals surface area (Å²) < 4.78 is 6.51. The maximum Gasteiger partial charge on any atom is 0.335 e. The second kappa shape index (κ2) is 7.20. The summed E-state index contributed by atoms with van der Waals surface area (Å²) in [7, 11) is 0. The minimum atomic E-state index is -0.894. The molecule has 5 heteroatoms. The number of likely N-dealkylation sites (tertiary alicyclic amines) is 1. The van der Waals surface area contributed by atoms with Crippen molar-refractivity contribution in [3.8, 4) is 0 Å². The van der Waals surface area contributed by atoms with Crippen molar-refractivity contribution >= 4 is 21.9 Å². The third-order valence-electron chi connectivity index (χ3n) is 3.63. The fraction of sp³-hybridized carbons (Fsp3) is 0.533. The summed E-state index contributed by atoms with van der Waals surface area (Å²) in [6.07, 6.45) is 2.53. The normalized spacial score (nSPS) is 17.3. The number of carboxylic acids is 1. The number of aromatic carboxylic acids is 1. The molecule has 4 nitrogen and oxygen atoms in total. The van der Waals surface area contributed by atoms with E-state index in [9.17, 15) is 4.79 Å². The Morgan fingerprint density at radius 1 is 1.45 bits per heavy atom. The molecule has 1 saturated heterocycles. The molecule has 1 heterocycles. The first-order chi connectivity index (χ1) is 9.60. The summed E-state index contributed by atoms with van der Waals surface area (Å²) in [6.45, 7) is 5.72. The monoisotopic (exact) mass is 341 g/mol. The van der Waals surface area contributed by atoms with Gasteiger partial charge in [0.15, 0.2) is 0 Å². The average molecular weight is 342 g/mol. The number of benzene rings is 1. The quantitative estimate of drug-likeness (QED) is 0.893. The van der Waals surface area contributed by atoms with Crippen molar-refractivity contribution < 1.29 is 14.6 Å². The topological polar surface area (TPSA) is 49.8 Å². The summed E-state index contributed by atoms with van der Waals surface area (Å²) >= 11 is 3.46. The highest BCUT2D eigenvalue weighted by molar-refractivity contribution is 9.10. The number of carboxylic acid groups (broad SMARTS) is 1. The zero-order chi connectivity index (χ0) is 14.5.